The Hall–Kier alpha value is -2.11. The molecule has 136 valence electrons. The lowest BCUT2D eigenvalue weighted by Gasteiger charge is -2.05. The lowest BCUT2D eigenvalue weighted by molar-refractivity contribution is 0.866. The van der Waals surface area contributed by atoms with Crippen LogP contribution in [-0.2, 0) is 5.75 Å². The first-order valence-electron chi connectivity index (χ1n) is 8.92. The maximum Gasteiger partial charge on any atom is 0.122 e. The molecule has 0 N–H and O–H groups in total. The molecule has 0 saturated carbocycles. The molecular weight excluding hydrogens is 418 g/mol. The number of fused-ring (bicyclic) bond motifs is 1. The van der Waals surface area contributed by atoms with Gasteiger partial charge in [0.25, 0.3) is 0 Å². The highest BCUT2D eigenvalue weighted by molar-refractivity contribution is 9.10. The predicted molar refractivity (Wildman–Crippen MR) is 116 cm³/mol. The van der Waals surface area contributed by atoms with Crippen LogP contribution < -0.4 is 0 Å². The monoisotopic (exact) mass is 437 g/mol. The van der Waals surface area contributed by atoms with Crippen LogP contribution in [0.1, 0.15) is 30.9 Å². The molecule has 0 aliphatic carbocycles. The second-order valence-corrected chi connectivity index (χ2v) is 8.67. The SMILES string of the molecule is CC(C)c1ccc(-c2cc3c(SCc4cccc(Br)c4)nccn3n2)cc1. The number of thioether (sulfide) groups is 1. The van der Waals surface area contributed by atoms with Crippen molar-refractivity contribution in [2.75, 3.05) is 0 Å². The van der Waals surface area contributed by atoms with Crippen molar-refractivity contribution in [3.05, 3.63) is 82.6 Å². The summed E-state index contributed by atoms with van der Waals surface area (Å²) in [5, 5.41) is 5.74. The third kappa shape index (κ3) is 4.09. The Morgan fingerprint density at radius 2 is 1.89 bits per heavy atom. The number of hydrogen-bond acceptors (Lipinski definition) is 3. The second kappa shape index (κ2) is 7.87. The van der Waals surface area contributed by atoms with E-state index in [1.54, 1.807) is 11.8 Å². The van der Waals surface area contributed by atoms with Gasteiger partial charge in [0, 0.05) is 28.2 Å². The molecular formula is C22H20BrN3S. The standard InChI is InChI=1S/C22H20BrN3S/c1-15(2)17-6-8-18(9-7-17)20-13-21-22(24-10-11-26(21)25-20)27-14-16-4-3-5-19(23)12-16/h3-13,15H,14H2,1-2H3. The van der Waals surface area contributed by atoms with E-state index in [0.29, 0.717) is 5.92 Å². The molecule has 0 atom stereocenters. The van der Waals surface area contributed by atoms with Crippen LogP contribution in [0.3, 0.4) is 0 Å². The van der Waals surface area contributed by atoms with Crippen molar-refractivity contribution in [2.24, 2.45) is 0 Å². The number of halogens is 1. The molecule has 3 nitrogen and oxygen atoms in total. The molecule has 0 saturated heterocycles. The van der Waals surface area contributed by atoms with Crippen LogP contribution in [0.2, 0.25) is 0 Å². The summed E-state index contributed by atoms with van der Waals surface area (Å²) in [6, 6.07) is 19.2. The minimum absolute atomic E-state index is 0.533. The summed E-state index contributed by atoms with van der Waals surface area (Å²) in [5.41, 5.74) is 5.76. The Kier molecular flexibility index (Phi) is 5.32. The van der Waals surface area contributed by atoms with Gasteiger partial charge in [-0.25, -0.2) is 9.50 Å². The van der Waals surface area contributed by atoms with Gasteiger partial charge in [0.1, 0.15) is 5.03 Å². The molecule has 5 heteroatoms. The van der Waals surface area contributed by atoms with Crippen molar-refractivity contribution in [3.8, 4) is 11.3 Å². The van der Waals surface area contributed by atoms with Gasteiger partial charge in [-0.3, -0.25) is 0 Å². The number of hydrogen-bond donors (Lipinski definition) is 0. The lowest BCUT2D eigenvalue weighted by atomic mass is 10.0. The quantitative estimate of drug-likeness (QED) is 0.330. The van der Waals surface area contributed by atoms with E-state index >= 15 is 0 Å². The molecule has 0 unspecified atom stereocenters. The molecule has 2 heterocycles. The molecule has 2 aromatic carbocycles. The second-order valence-electron chi connectivity index (χ2n) is 6.79. The lowest BCUT2D eigenvalue weighted by Crippen LogP contribution is -1.91. The van der Waals surface area contributed by atoms with Gasteiger partial charge in [0.15, 0.2) is 0 Å². The van der Waals surface area contributed by atoms with Crippen molar-refractivity contribution in [1.82, 2.24) is 14.6 Å². The van der Waals surface area contributed by atoms with E-state index in [1.807, 2.05) is 23.0 Å². The molecule has 0 fully saturated rings. The third-order valence-corrected chi connectivity index (χ3v) is 6.05. The van der Waals surface area contributed by atoms with Crippen molar-refractivity contribution in [1.29, 1.82) is 0 Å². The Morgan fingerprint density at radius 3 is 2.63 bits per heavy atom. The summed E-state index contributed by atoms with van der Waals surface area (Å²) in [4.78, 5) is 4.58. The van der Waals surface area contributed by atoms with Crippen molar-refractivity contribution < 1.29 is 0 Å². The van der Waals surface area contributed by atoms with Gasteiger partial charge >= 0.3 is 0 Å². The van der Waals surface area contributed by atoms with Crippen LogP contribution in [-0.4, -0.2) is 14.6 Å². The van der Waals surface area contributed by atoms with E-state index in [2.05, 4.69) is 83.3 Å². The first-order valence-corrected chi connectivity index (χ1v) is 10.7. The van der Waals surface area contributed by atoms with Crippen LogP contribution in [0.25, 0.3) is 16.8 Å². The third-order valence-electron chi connectivity index (χ3n) is 4.49. The van der Waals surface area contributed by atoms with Gasteiger partial charge in [-0.15, -0.1) is 0 Å². The zero-order chi connectivity index (χ0) is 18.8. The minimum atomic E-state index is 0.533. The molecule has 0 aliphatic rings. The molecule has 0 spiro atoms. The fourth-order valence-electron chi connectivity index (χ4n) is 2.97. The summed E-state index contributed by atoms with van der Waals surface area (Å²) in [7, 11) is 0. The van der Waals surface area contributed by atoms with Crippen molar-refractivity contribution >= 4 is 33.2 Å². The zero-order valence-electron chi connectivity index (χ0n) is 15.3. The molecule has 4 aromatic rings. The van der Waals surface area contributed by atoms with Crippen molar-refractivity contribution in [2.45, 2.75) is 30.5 Å². The molecule has 0 bridgehead atoms. The van der Waals surface area contributed by atoms with Gasteiger partial charge in [-0.2, -0.15) is 5.10 Å². The number of rotatable bonds is 5. The Morgan fingerprint density at radius 1 is 1.07 bits per heavy atom. The molecule has 0 amide bonds. The van der Waals surface area contributed by atoms with Gasteiger partial charge in [0.2, 0.25) is 0 Å². The zero-order valence-corrected chi connectivity index (χ0v) is 17.7. The largest absolute Gasteiger partial charge is 0.246 e. The number of aromatic nitrogens is 3. The number of benzene rings is 2. The van der Waals surface area contributed by atoms with Crippen LogP contribution in [0.4, 0.5) is 0 Å². The van der Waals surface area contributed by atoms with E-state index in [4.69, 9.17) is 5.10 Å². The van der Waals surface area contributed by atoms with Gasteiger partial charge in [-0.05, 0) is 35.2 Å². The van der Waals surface area contributed by atoms with E-state index in [1.165, 1.54) is 11.1 Å². The maximum atomic E-state index is 4.74. The summed E-state index contributed by atoms with van der Waals surface area (Å²) < 4.78 is 3.02. The van der Waals surface area contributed by atoms with E-state index in [0.717, 1.165) is 32.0 Å². The average Bonchev–Trinajstić information content (AvgIpc) is 3.11. The highest BCUT2D eigenvalue weighted by Crippen LogP contribution is 2.29. The van der Waals surface area contributed by atoms with Gasteiger partial charge < -0.3 is 0 Å². The van der Waals surface area contributed by atoms with E-state index < -0.39 is 0 Å². The van der Waals surface area contributed by atoms with Crippen LogP contribution in [0.15, 0.2) is 76.5 Å². The summed E-state index contributed by atoms with van der Waals surface area (Å²) in [5.74, 6) is 1.40. The Labute approximate surface area is 172 Å². The summed E-state index contributed by atoms with van der Waals surface area (Å²) in [6.45, 7) is 4.42. The summed E-state index contributed by atoms with van der Waals surface area (Å²) in [6.07, 6.45) is 3.72. The van der Waals surface area contributed by atoms with Crippen LogP contribution in [0.5, 0.6) is 0 Å². The fourth-order valence-corrected chi connectivity index (χ4v) is 4.33. The minimum Gasteiger partial charge on any atom is -0.246 e. The van der Waals surface area contributed by atoms with Gasteiger partial charge in [-0.1, -0.05) is 77.9 Å². The Balaban J connectivity index is 1.61. The summed E-state index contributed by atoms with van der Waals surface area (Å²) >= 11 is 5.27. The molecule has 2 aromatic heterocycles. The highest BCUT2D eigenvalue weighted by Gasteiger charge is 2.10. The van der Waals surface area contributed by atoms with Crippen LogP contribution >= 0.6 is 27.7 Å². The van der Waals surface area contributed by atoms with Crippen LogP contribution in [0, 0.1) is 0 Å². The predicted octanol–water partition coefficient (Wildman–Crippen LogP) is 6.57. The van der Waals surface area contributed by atoms with E-state index in [-0.39, 0.29) is 0 Å². The molecule has 0 aliphatic heterocycles. The first-order chi connectivity index (χ1) is 13.1. The topological polar surface area (TPSA) is 30.2 Å². The molecule has 27 heavy (non-hydrogen) atoms. The Bertz CT molecular complexity index is 1070. The molecule has 0 radical (unpaired) electrons. The average molecular weight is 438 g/mol. The van der Waals surface area contributed by atoms with Gasteiger partial charge in [0.05, 0.1) is 11.2 Å². The highest BCUT2D eigenvalue weighted by atomic mass is 79.9. The van der Waals surface area contributed by atoms with E-state index in [9.17, 15) is 0 Å². The fraction of sp³-hybridized carbons (Fsp3) is 0.182. The number of nitrogens with zero attached hydrogens (tertiary/aromatic N) is 3. The normalized spacial score (nSPS) is 11.4. The molecule has 4 rings (SSSR count). The van der Waals surface area contributed by atoms with Crippen molar-refractivity contribution in [3.63, 3.8) is 0 Å². The maximum absolute atomic E-state index is 4.74. The first kappa shape index (κ1) is 18.3. The smallest absolute Gasteiger partial charge is 0.122 e.